The molecule has 1 fully saturated rings. The lowest BCUT2D eigenvalue weighted by molar-refractivity contribution is -0.143. The number of hydrogen-bond donors (Lipinski definition) is 0. The molecule has 0 aromatic rings. The summed E-state index contributed by atoms with van der Waals surface area (Å²) in [6, 6.07) is 2.16. The number of hydrogen-bond acceptors (Lipinski definition) is 5. The lowest BCUT2D eigenvalue weighted by Gasteiger charge is -2.29. The third-order valence-electron chi connectivity index (χ3n) is 3.22. The van der Waals surface area contributed by atoms with E-state index in [4.69, 9.17) is 10.00 Å². The Kier molecular flexibility index (Phi) is 7.12. The van der Waals surface area contributed by atoms with Crippen LogP contribution < -0.4 is 0 Å². The second-order valence-corrected chi connectivity index (χ2v) is 4.73. The number of esters is 1. The smallest absolute Gasteiger partial charge is 0.328 e. The van der Waals surface area contributed by atoms with E-state index in [-0.39, 0.29) is 6.04 Å². The quantitative estimate of drug-likeness (QED) is 0.541. The van der Waals surface area contributed by atoms with Gasteiger partial charge < -0.3 is 9.64 Å². The van der Waals surface area contributed by atoms with E-state index in [2.05, 4.69) is 16.8 Å². The number of likely N-dealkylation sites (tertiary alicyclic amines) is 1. The van der Waals surface area contributed by atoms with Crippen molar-refractivity contribution in [3.63, 3.8) is 0 Å². The molecule has 106 valence electrons. The number of ether oxygens (including phenoxy) is 1. The molecule has 19 heavy (non-hydrogen) atoms. The van der Waals surface area contributed by atoms with Crippen molar-refractivity contribution in [3.8, 4) is 6.07 Å². The maximum absolute atomic E-state index is 11.4. The highest BCUT2D eigenvalue weighted by atomic mass is 16.5. The highest BCUT2D eigenvalue weighted by Gasteiger charge is 2.20. The standard InChI is InChI=1S/C14H23N3O2/c1-3-7-17-8-5-13(6-9-17)16-11-12(10-15)14(18)19-4-2/h11-13H,3-9H2,1-2H3. The zero-order chi connectivity index (χ0) is 14.1. The second kappa shape index (κ2) is 8.65. The minimum Gasteiger partial charge on any atom is -0.465 e. The van der Waals surface area contributed by atoms with Gasteiger partial charge in [-0.05, 0) is 32.7 Å². The Labute approximate surface area is 115 Å². The van der Waals surface area contributed by atoms with Crippen LogP contribution in [0.1, 0.15) is 33.1 Å². The summed E-state index contributed by atoms with van der Waals surface area (Å²) in [4.78, 5) is 18.2. The van der Waals surface area contributed by atoms with E-state index in [1.54, 1.807) is 6.92 Å². The fraction of sp³-hybridized carbons (Fsp3) is 0.786. The first-order chi connectivity index (χ1) is 9.21. The monoisotopic (exact) mass is 265 g/mol. The van der Waals surface area contributed by atoms with E-state index < -0.39 is 11.9 Å². The molecule has 0 N–H and O–H groups in total. The molecule has 0 radical (unpaired) electrons. The van der Waals surface area contributed by atoms with E-state index in [1.807, 2.05) is 6.07 Å². The lowest BCUT2D eigenvalue weighted by Crippen LogP contribution is -2.35. The van der Waals surface area contributed by atoms with Crippen LogP contribution in [0, 0.1) is 17.2 Å². The first kappa shape index (κ1) is 15.6. The molecular weight excluding hydrogens is 242 g/mol. The van der Waals surface area contributed by atoms with Crippen molar-refractivity contribution in [2.45, 2.75) is 39.2 Å². The largest absolute Gasteiger partial charge is 0.465 e. The van der Waals surface area contributed by atoms with Gasteiger partial charge in [-0.25, -0.2) is 0 Å². The van der Waals surface area contributed by atoms with Crippen molar-refractivity contribution in [2.24, 2.45) is 10.9 Å². The van der Waals surface area contributed by atoms with Crippen LogP contribution in [-0.2, 0) is 9.53 Å². The third-order valence-corrected chi connectivity index (χ3v) is 3.22. The van der Waals surface area contributed by atoms with Crippen LogP contribution in [0.4, 0.5) is 0 Å². The fourth-order valence-corrected chi connectivity index (χ4v) is 2.19. The molecule has 0 aromatic heterocycles. The van der Waals surface area contributed by atoms with Crippen LogP contribution in [0.15, 0.2) is 4.99 Å². The molecule has 0 bridgehead atoms. The Balaban J connectivity index is 2.40. The predicted octanol–water partition coefficient (Wildman–Crippen LogP) is 1.63. The summed E-state index contributed by atoms with van der Waals surface area (Å²) in [6.07, 6.45) is 4.63. The minimum atomic E-state index is -0.867. The first-order valence-electron chi connectivity index (χ1n) is 7.03. The highest BCUT2D eigenvalue weighted by Crippen LogP contribution is 2.14. The SMILES string of the molecule is CCCN1CCC(N=CC(C#N)C(=O)OCC)CC1. The molecule has 1 atom stereocenters. The van der Waals surface area contributed by atoms with Gasteiger partial charge in [-0.15, -0.1) is 0 Å². The molecule has 0 amide bonds. The summed E-state index contributed by atoms with van der Waals surface area (Å²) in [5.41, 5.74) is 0. The van der Waals surface area contributed by atoms with Crippen LogP contribution >= 0.6 is 0 Å². The van der Waals surface area contributed by atoms with Crippen LogP contribution in [0.2, 0.25) is 0 Å². The van der Waals surface area contributed by atoms with Gasteiger partial charge in [0.05, 0.1) is 18.7 Å². The lowest BCUT2D eigenvalue weighted by atomic mass is 10.1. The van der Waals surface area contributed by atoms with Crippen LogP contribution in [0.25, 0.3) is 0 Å². The number of nitriles is 1. The van der Waals surface area contributed by atoms with Gasteiger partial charge in [-0.2, -0.15) is 5.26 Å². The van der Waals surface area contributed by atoms with E-state index in [0.717, 1.165) is 32.5 Å². The van der Waals surface area contributed by atoms with Gasteiger partial charge >= 0.3 is 5.97 Å². The molecule has 1 aliphatic heterocycles. The molecule has 0 aliphatic carbocycles. The van der Waals surface area contributed by atoms with Crippen LogP contribution in [0.3, 0.4) is 0 Å². The van der Waals surface area contributed by atoms with Gasteiger partial charge in [0.25, 0.3) is 0 Å². The van der Waals surface area contributed by atoms with Crippen molar-refractivity contribution in [1.82, 2.24) is 4.90 Å². The summed E-state index contributed by atoms with van der Waals surface area (Å²) in [6.45, 7) is 7.44. The Bertz CT molecular complexity index is 341. The topological polar surface area (TPSA) is 65.7 Å². The molecule has 0 spiro atoms. The number of rotatable bonds is 6. The van der Waals surface area contributed by atoms with Gasteiger partial charge in [-0.1, -0.05) is 6.92 Å². The van der Waals surface area contributed by atoms with Crippen LogP contribution in [0.5, 0.6) is 0 Å². The summed E-state index contributed by atoms with van der Waals surface area (Å²) < 4.78 is 4.82. The van der Waals surface area contributed by atoms with Gasteiger partial charge in [0.15, 0.2) is 5.92 Å². The molecule has 1 unspecified atom stereocenters. The van der Waals surface area contributed by atoms with E-state index >= 15 is 0 Å². The zero-order valence-electron chi connectivity index (χ0n) is 11.8. The number of aliphatic imine (C=N–C) groups is 1. The summed E-state index contributed by atoms with van der Waals surface area (Å²) in [5.74, 6) is -1.37. The Morgan fingerprint density at radius 1 is 1.53 bits per heavy atom. The molecule has 0 saturated carbocycles. The van der Waals surface area contributed by atoms with Crippen molar-refractivity contribution in [3.05, 3.63) is 0 Å². The molecule has 5 nitrogen and oxygen atoms in total. The molecule has 1 heterocycles. The Morgan fingerprint density at radius 3 is 2.74 bits per heavy atom. The average Bonchev–Trinajstić information content (AvgIpc) is 2.42. The number of nitrogens with zero attached hydrogens (tertiary/aromatic N) is 3. The zero-order valence-corrected chi connectivity index (χ0v) is 11.8. The molecular formula is C14H23N3O2. The van der Waals surface area contributed by atoms with Crippen molar-refractivity contribution in [2.75, 3.05) is 26.2 Å². The van der Waals surface area contributed by atoms with Crippen molar-refractivity contribution < 1.29 is 9.53 Å². The summed E-state index contributed by atoms with van der Waals surface area (Å²) in [5, 5.41) is 8.91. The van der Waals surface area contributed by atoms with E-state index in [1.165, 1.54) is 12.6 Å². The normalized spacial score (nSPS) is 19.2. The summed E-state index contributed by atoms with van der Waals surface area (Å²) >= 11 is 0. The fourth-order valence-electron chi connectivity index (χ4n) is 2.19. The van der Waals surface area contributed by atoms with Crippen LogP contribution in [-0.4, -0.2) is 49.4 Å². The first-order valence-corrected chi connectivity index (χ1v) is 7.03. The average molecular weight is 265 g/mol. The third kappa shape index (κ3) is 5.39. The van der Waals surface area contributed by atoms with Gasteiger partial charge in [0, 0.05) is 19.3 Å². The van der Waals surface area contributed by atoms with Gasteiger partial charge in [-0.3, -0.25) is 9.79 Å². The molecule has 0 aromatic carbocycles. The molecule has 1 rings (SSSR count). The summed E-state index contributed by atoms with van der Waals surface area (Å²) in [7, 11) is 0. The minimum absolute atomic E-state index is 0.235. The number of carbonyl (C=O) groups is 1. The molecule has 1 aliphatic rings. The Morgan fingerprint density at radius 2 is 2.21 bits per heavy atom. The maximum Gasteiger partial charge on any atom is 0.328 e. The Hall–Kier alpha value is -1.41. The second-order valence-electron chi connectivity index (χ2n) is 4.73. The van der Waals surface area contributed by atoms with Gasteiger partial charge in [0.2, 0.25) is 0 Å². The van der Waals surface area contributed by atoms with Gasteiger partial charge in [0.1, 0.15) is 0 Å². The van der Waals surface area contributed by atoms with Crippen molar-refractivity contribution in [1.29, 1.82) is 5.26 Å². The van der Waals surface area contributed by atoms with E-state index in [0.29, 0.717) is 6.61 Å². The highest BCUT2D eigenvalue weighted by molar-refractivity contribution is 5.92. The number of carbonyl (C=O) groups excluding carboxylic acids is 1. The predicted molar refractivity (Wildman–Crippen MR) is 74.0 cm³/mol. The maximum atomic E-state index is 11.4. The molecule has 5 heteroatoms. The van der Waals surface area contributed by atoms with Crippen molar-refractivity contribution >= 4 is 12.2 Å². The van der Waals surface area contributed by atoms with E-state index in [9.17, 15) is 4.79 Å². The number of piperidine rings is 1. The molecule has 1 saturated heterocycles.